The number of carbonyl (C=O) groups is 1. The van der Waals surface area contributed by atoms with E-state index in [0.717, 1.165) is 19.9 Å². The molecule has 0 aliphatic carbocycles. The van der Waals surface area contributed by atoms with Gasteiger partial charge in [-0.05, 0) is 81.8 Å². The van der Waals surface area contributed by atoms with Crippen LogP contribution in [0, 0.1) is 14.9 Å². The van der Waals surface area contributed by atoms with E-state index >= 15 is 0 Å². The molecule has 4 aromatic carbocycles. The Bertz CT molecular complexity index is 1500. The fourth-order valence-electron chi connectivity index (χ4n) is 3.88. The number of nitriles is 1. The number of benzene rings is 4. The summed E-state index contributed by atoms with van der Waals surface area (Å²) >= 11 is 2.17. The van der Waals surface area contributed by atoms with Gasteiger partial charge < -0.3 is 19.5 Å². The van der Waals surface area contributed by atoms with E-state index in [1.807, 2.05) is 43.3 Å². The molecule has 4 aromatic rings. The molecule has 0 aliphatic heterocycles. The highest BCUT2D eigenvalue weighted by atomic mass is 127. The molecule has 0 unspecified atom stereocenters. The lowest BCUT2D eigenvalue weighted by Gasteiger charge is -2.15. The Morgan fingerprint density at radius 3 is 2.59 bits per heavy atom. The Kier molecular flexibility index (Phi) is 8.64. The number of methoxy groups -OCH3 is 1. The van der Waals surface area contributed by atoms with E-state index < -0.39 is 5.91 Å². The molecule has 0 heterocycles. The predicted molar refractivity (Wildman–Crippen MR) is 154 cm³/mol. The number of hydrogen-bond donors (Lipinski definition) is 1. The molecule has 1 amide bonds. The van der Waals surface area contributed by atoms with Crippen LogP contribution in [-0.4, -0.2) is 19.6 Å². The van der Waals surface area contributed by atoms with Crippen molar-refractivity contribution in [2.24, 2.45) is 0 Å². The third kappa shape index (κ3) is 6.40. The van der Waals surface area contributed by atoms with Crippen LogP contribution in [0.15, 0.2) is 84.4 Å². The summed E-state index contributed by atoms with van der Waals surface area (Å²) in [4.78, 5) is 12.8. The Morgan fingerprint density at radius 2 is 1.81 bits per heavy atom. The summed E-state index contributed by atoms with van der Waals surface area (Å²) in [6.07, 6.45) is 1.53. The highest BCUT2D eigenvalue weighted by Gasteiger charge is 2.15. The molecule has 0 radical (unpaired) electrons. The Labute approximate surface area is 229 Å². The summed E-state index contributed by atoms with van der Waals surface area (Å²) in [6.45, 7) is 2.77. The third-order valence-corrected chi connectivity index (χ3v) is 6.38. The zero-order valence-corrected chi connectivity index (χ0v) is 22.6. The number of rotatable bonds is 9. The molecule has 0 bridgehead atoms. The van der Waals surface area contributed by atoms with Crippen molar-refractivity contribution in [2.45, 2.75) is 13.5 Å². The molecule has 0 atom stereocenters. The van der Waals surface area contributed by atoms with Crippen molar-refractivity contribution in [1.82, 2.24) is 0 Å². The van der Waals surface area contributed by atoms with E-state index in [4.69, 9.17) is 14.2 Å². The van der Waals surface area contributed by atoms with Crippen LogP contribution in [0.4, 0.5) is 5.69 Å². The summed E-state index contributed by atoms with van der Waals surface area (Å²) in [5.41, 5.74) is 2.22. The van der Waals surface area contributed by atoms with Gasteiger partial charge in [0, 0.05) is 11.8 Å². The van der Waals surface area contributed by atoms with Crippen molar-refractivity contribution < 1.29 is 19.0 Å². The van der Waals surface area contributed by atoms with Gasteiger partial charge in [-0.3, -0.25) is 4.79 Å². The SMILES string of the molecule is CCOc1cccc(NC(=O)C(C#N)=Cc2cc(I)c(OCc3cccc4ccccc34)c(OC)c2)c1. The number of hydrogen-bond acceptors (Lipinski definition) is 5. The summed E-state index contributed by atoms with van der Waals surface area (Å²) < 4.78 is 18.1. The van der Waals surface area contributed by atoms with E-state index in [2.05, 4.69) is 46.1 Å². The number of fused-ring (bicyclic) bond motifs is 1. The molecule has 0 aliphatic rings. The molecule has 0 spiro atoms. The Balaban J connectivity index is 1.55. The van der Waals surface area contributed by atoms with Crippen molar-refractivity contribution >= 4 is 51.0 Å². The molecule has 0 aromatic heterocycles. The van der Waals surface area contributed by atoms with Crippen LogP contribution in [-0.2, 0) is 11.4 Å². The number of anilines is 1. The summed E-state index contributed by atoms with van der Waals surface area (Å²) in [5.74, 6) is 1.24. The number of nitrogens with one attached hydrogen (secondary N) is 1. The van der Waals surface area contributed by atoms with E-state index in [1.165, 1.54) is 6.08 Å². The average Bonchev–Trinajstić information content (AvgIpc) is 2.91. The number of halogens is 1. The lowest BCUT2D eigenvalue weighted by Crippen LogP contribution is -2.13. The van der Waals surface area contributed by atoms with Crippen LogP contribution < -0.4 is 19.5 Å². The number of amides is 1. The lowest BCUT2D eigenvalue weighted by molar-refractivity contribution is -0.112. The van der Waals surface area contributed by atoms with Gasteiger partial charge in [0.05, 0.1) is 17.3 Å². The monoisotopic (exact) mass is 604 g/mol. The van der Waals surface area contributed by atoms with Crippen molar-refractivity contribution in [3.8, 4) is 23.3 Å². The maximum atomic E-state index is 12.8. The van der Waals surface area contributed by atoms with Crippen LogP contribution >= 0.6 is 22.6 Å². The smallest absolute Gasteiger partial charge is 0.266 e. The fraction of sp³-hybridized carbons (Fsp3) is 0.133. The largest absolute Gasteiger partial charge is 0.494 e. The van der Waals surface area contributed by atoms with Crippen molar-refractivity contribution in [3.63, 3.8) is 0 Å². The van der Waals surface area contributed by atoms with Gasteiger partial charge in [0.1, 0.15) is 24.0 Å². The van der Waals surface area contributed by atoms with Gasteiger partial charge >= 0.3 is 0 Å². The number of ether oxygens (including phenoxy) is 3. The van der Waals surface area contributed by atoms with Crippen LogP contribution in [0.25, 0.3) is 16.8 Å². The molecular weight excluding hydrogens is 579 g/mol. The zero-order chi connectivity index (χ0) is 26.2. The van der Waals surface area contributed by atoms with Gasteiger partial charge in [0.15, 0.2) is 11.5 Å². The van der Waals surface area contributed by atoms with Gasteiger partial charge in [-0.25, -0.2) is 0 Å². The second-order valence-electron chi connectivity index (χ2n) is 8.05. The molecular formula is C30H25IN2O4. The van der Waals surface area contributed by atoms with E-state index in [0.29, 0.717) is 41.7 Å². The minimum atomic E-state index is -0.513. The standard InChI is InChI=1S/C30H25IN2O4/c1-3-36-25-12-7-11-24(17-25)33-30(34)23(18-32)14-20-15-27(31)29(28(16-20)35-2)37-19-22-10-6-9-21-8-4-5-13-26(21)22/h4-17H,3,19H2,1-2H3,(H,33,34). The lowest BCUT2D eigenvalue weighted by atomic mass is 10.1. The maximum absolute atomic E-state index is 12.8. The van der Waals surface area contributed by atoms with Gasteiger partial charge in [-0.1, -0.05) is 48.5 Å². The normalized spacial score (nSPS) is 11.0. The molecule has 0 fully saturated rings. The summed E-state index contributed by atoms with van der Waals surface area (Å²) in [7, 11) is 1.56. The quantitative estimate of drug-likeness (QED) is 0.127. The first kappa shape index (κ1) is 26.0. The van der Waals surface area contributed by atoms with Crippen molar-refractivity contribution in [1.29, 1.82) is 5.26 Å². The van der Waals surface area contributed by atoms with E-state index in [-0.39, 0.29) is 5.57 Å². The van der Waals surface area contributed by atoms with Crippen LogP contribution in [0.2, 0.25) is 0 Å². The first-order chi connectivity index (χ1) is 18.0. The van der Waals surface area contributed by atoms with Crippen LogP contribution in [0.1, 0.15) is 18.1 Å². The molecule has 37 heavy (non-hydrogen) atoms. The maximum Gasteiger partial charge on any atom is 0.266 e. The highest BCUT2D eigenvalue weighted by molar-refractivity contribution is 14.1. The minimum Gasteiger partial charge on any atom is -0.494 e. The predicted octanol–water partition coefficient (Wildman–Crippen LogP) is 6.98. The first-order valence-corrected chi connectivity index (χ1v) is 12.7. The number of carbonyl (C=O) groups excluding carboxylic acids is 1. The van der Waals surface area contributed by atoms with Crippen molar-refractivity contribution in [2.75, 3.05) is 19.0 Å². The van der Waals surface area contributed by atoms with E-state index in [9.17, 15) is 10.1 Å². The molecule has 4 rings (SSSR count). The third-order valence-electron chi connectivity index (χ3n) is 5.58. The Morgan fingerprint density at radius 1 is 1.03 bits per heavy atom. The van der Waals surface area contributed by atoms with Gasteiger partial charge in [-0.2, -0.15) is 5.26 Å². The molecule has 6 nitrogen and oxygen atoms in total. The minimum absolute atomic E-state index is 0.0379. The van der Waals surface area contributed by atoms with Gasteiger partial charge in [0.2, 0.25) is 0 Å². The second-order valence-corrected chi connectivity index (χ2v) is 9.21. The number of nitrogens with zero attached hydrogens (tertiary/aromatic N) is 1. The van der Waals surface area contributed by atoms with Crippen LogP contribution in [0.5, 0.6) is 17.2 Å². The van der Waals surface area contributed by atoms with Crippen LogP contribution in [0.3, 0.4) is 0 Å². The molecule has 7 heteroatoms. The average molecular weight is 604 g/mol. The van der Waals surface area contributed by atoms with Gasteiger partial charge in [-0.15, -0.1) is 0 Å². The molecule has 1 N–H and O–H groups in total. The first-order valence-electron chi connectivity index (χ1n) is 11.7. The van der Waals surface area contributed by atoms with Gasteiger partial charge in [0.25, 0.3) is 5.91 Å². The summed E-state index contributed by atoms with van der Waals surface area (Å²) in [5, 5.41) is 14.7. The fourth-order valence-corrected chi connectivity index (χ4v) is 4.66. The second kappa shape index (κ2) is 12.3. The highest BCUT2D eigenvalue weighted by Crippen LogP contribution is 2.35. The Hall–Kier alpha value is -4.03. The zero-order valence-electron chi connectivity index (χ0n) is 20.5. The van der Waals surface area contributed by atoms with E-state index in [1.54, 1.807) is 37.4 Å². The molecule has 0 saturated heterocycles. The summed E-state index contributed by atoms with van der Waals surface area (Å²) in [6, 6.07) is 26.9. The topological polar surface area (TPSA) is 80.6 Å². The molecule has 186 valence electrons. The molecule has 0 saturated carbocycles. The van der Waals surface area contributed by atoms with Crippen molar-refractivity contribution in [3.05, 3.63) is 99.1 Å².